The molecule has 0 heterocycles. The average molecular weight is 257 g/mol. The number of nitrogens with one attached hydrogen (secondary N) is 1. The van der Waals surface area contributed by atoms with E-state index in [-0.39, 0.29) is 5.60 Å². The molecule has 1 rings (SSSR count). The van der Waals surface area contributed by atoms with Crippen LogP contribution in [0.1, 0.15) is 53.4 Å². The molecule has 1 aliphatic carbocycles. The number of methoxy groups -OCH3 is 1. The molecule has 0 bridgehead atoms. The fourth-order valence-corrected chi connectivity index (χ4v) is 3.04. The lowest BCUT2D eigenvalue weighted by Gasteiger charge is -2.47. The van der Waals surface area contributed by atoms with Gasteiger partial charge < -0.3 is 14.8 Å². The van der Waals surface area contributed by atoms with Gasteiger partial charge in [-0.05, 0) is 44.6 Å². The predicted octanol–water partition coefficient (Wildman–Crippen LogP) is 2.99. The van der Waals surface area contributed by atoms with Gasteiger partial charge >= 0.3 is 0 Å². The molecule has 0 radical (unpaired) electrons. The summed E-state index contributed by atoms with van der Waals surface area (Å²) in [4.78, 5) is 0. The van der Waals surface area contributed by atoms with Gasteiger partial charge in [0.2, 0.25) is 0 Å². The zero-order chi connectivity index (χ0) is 13.6. The van der Waals surface area contributed by atoms with Crippen LogP contribution in [0.25, 0.3) is 0 Å². The van der Waals surface area contributed by atoms with Gasteiger partial charge in [0.05, 0.1) is 18.2 Å². The van der Waals surface area contributed by atoms with Gasteiger partial charge in [0.25, 0.3) is 0 Å². The number of hydrogen-bond acceptors (Lipinski definition) is 3. The summed E-state index contributed by atoms with van der Waals surface area (Å²) in [5, 5.41) is 3.56. The molecule has 0 aliphatic heterocycles. The van der Waals surface area contributed by atoms with Gasteiger partial charge in [0.15, 0.2) is 0 Å². The van der Waals surface area contributed by atoms with E-state index >= 15 is 0 Å². The van der Waals surface area contributed by atoms with Gasteiger partial charge in [-0.15, -0.1) is 0 Å². The SMILES string of the molecule is CCNC(COC)C1(OCC)CCC(C)(C)CC1. The van der Waals surface area contributed by atoms with E-state index in [1.807, 2.05) is 0 Å². The summed E-state index contributed by atoms with van der Waals surface area (Å²) < 4.78 is 11.6. The smallest absolute Gasteiger partial charge is 0.0857 e. The van der Waals surface area contributed by atoms with Crippen LogP contribution in [-0.4, -0.2) is 38.5 Å². The van der Waals surface area contributed by atoms with Gasteiger partial charge in [-0.2, -0.15) is 0 Å². The minimum absolute atomic E-state index is 0.0315. The largest absolute Gasteiger partial charge is 0.383 e. The number of ether oxygens (including phenoxy) is 2. The average Bonchev–Trinajstić information content (AvgIpc) is 2.32. The molecule has 0 aromatic carbocycles. The number of rotatable bonds is 7. The van der Waals surface area contributed by atoms with E-state index in [2.05, 4.69) is 33.0 Å². The fraction of sp³-hybridized carbons (Fsp3) is 1.00. The fourth-order valence-electron chi connectivity index (χ4n) is 3.04. The predicted molar refractivity (Wildman–Crippen MR) is 75.9 cm³/mol. The summed E-state index contributed by atoms with van der Waals surface area (Å²) in [6, 6.07) is 0.309. The molecule has 108 valence electrons. The Bertz CT molecular complexity index is 225. The van der Waals surface area contributed by atoms with Crippen molar-refractivity contribution in [3.05, 3.63) is 0 Å². The van der Waals surface area contributed by atoms with Crippen LogP contribution >= 0.6 is 0 Å². The van der Waals surface area contributed by atoms with Crippen molar-refractivity contribution < 1.29 is 9.47 Å². The van der Waals surface area contributed by atoms with Gasteiger partial charge in [-0.1, -0.05) is 20.8 Å². The van der Waals surface area contributed by atoms with E-state index in [0.29, 0.717) is 11.5 Å². The molecule has 1 aliphatic rings. The Morgan fingerprint density at radius 3 is 2.17 bits per heavy atom. The monoisotopic (exact) mass is 257 g/mol. The van der Waals surface area contributed by atoms with Crippen molar-refractivity contribution in [1.82, 2.24) is 5.32 Å². The van der Waals surface area contributed by atoms with E-state index in [1.165, 1.54) is 12.8 Å². The topological polar surface area (TPSA) is 30.5 Å². The van der Waals surface area contributed by atoms with E-state index in [1.54, 1.807) is 7.11 Å². The molecule has 3 heteroatoms. The molecule has 0 saturated heterocycles. The minimum atomic E-state index is -0.0315. The van der Waals surface area contributed by atoms with Crippen molar-refractivity contribution >= 4 is 0 Å². The Labute approximate surface area is 113 Å². The lowest BCUT2D eigenvalue weighted by Crippen LogP contribution is -2.57. The second kappa shape index (κ2) is 6.88. The quantitative estimate of drug-likeness (QED) is 0.760. The van der Waals surface area contributed by atoms with E-state index in [0.717, 1.165) is 32.6 Å². The van der Waals surface area contributed by atoms with Crippen LogP contribution in [0.2, 0.25) is 0 Å². The molecule has 1 saturated carbocycles. The summed E-state index contributed by atoms with van der Waals surface area (Å²) in [6.45, 7) is 11.4. The lowest BCUT2D eigenvalue weighted by atomic mass is 9.68. The van der Waals surface area contributed by atoms with Crippen molar-refractivity contribution in [3.8, 4) is 0 Å². The molecule has 0 spiro atoms. The Morgan fingerprint density at radius 2 is 1.72 bits per heavy atom. The zero-order valence-electron chi connectivity index (χ0n) is 12.8. The maximum absolute atomic E-state index is 6.19. The van der Waals surface area contributed by atoms with Gasteiger partial charge in [0, 0.05) is 13.7 Å². The van der Waals surface area contributed by atoms with Crippen LogP contribution in [0.15, 0.2) is 0 Å². The highest BCUT2D eigenvalue weighted by Gasteiger charge is 2.44. The van der Waals surface area contributed by atoms with E-state index in [9.17, 15) is 0 Å². The Kier molecular flexibility index (Phi) is 6.09. The van der Waals surface area contributed by atoms with Crippen LogP contribution in [0.5, 0.6) is 0 Å². The molecule has 0 aromatic rings. The maximum Gasteiger partial charge on any atom is 0.0857 e. The minimum Gasteiger partial charge on any atom is -0.383 e. The maximum atomic E-state index is 6.19. The van der Waals surface area contributed by atoms with E-state index < -0.39 is 0 Å². The van der Waals surface area contributed by atoms with Crippen LogP contribution in [0.3, 0.4) is 0 Å². The third kappa shape index (κ3) is 3.94. The normalized spacial score (nSPS) is 23.8. The highest BCUT2D eigenvalue weighted by molar-refractivity contribution is 4.98. The highest BCUT2D eigenvalue weighted by atomic mass is 16.5. The van der Waals surface area contributed by atoms with Crippen LogP contribution in [0, 0.1) is 5.41 Å². The summed E-state index contributed by atoms with van der Waals surface area (Å²) in [6.07, 6.45) is 4.74. The van der Waals surface area contributed by atoms with Crippen molar-refractivity contribution in [2.75, 3.05) is 26.9 Å². The summed E-state index contributed by atoms with van der Waals surface area (Å²) >= 11 is 0. The molecule has 0 aromatic heterocycles. The van der Waals surface area contributed by atoms with Crippen molar-refractivity contribution in [1.29, 1.82) is 0 Å². The first-order chi connectivity index (χ1) is 8.49. The standard InChI is InChI=1S/C15H31NO2/c1-6-16-13(12-17-5)15(18-7-2)10-8-14(3,4)9-11-15/h13,16H,6-12H2,1-5H3. The third-order valence-corrected chi connectivity index (χ3v) is 4.30. The first-order valence-electron chi connectivity index (χ1n) is 7.36. The van der Waals surface area contributed by atoms with Gasteiger partial charge in [-0.3, -0.25) is 0 Å². The summed E-state index contributed by atoms with van der Waals surface area (Å²) in [5.41, 5.74) is 0.431. The van der Waals surface area contributed by atoms with Crippen LogP contribution in [0.4, 0.5) is 0 Å². The summed E-state index contributed by atoms with van der Waals surface area (Å²) in [7, 11) is 1.77. The highest BCUT2D eigenvalue weighted by Crippen LogP contribution is 2.43. The first kappa shape index (κ1) is 15.9. The van der Waals surface area contributed by atoms with Gasteiger partial charge in [-0.25, -0.2) is 0 Å². The molecule has 0 amide bonds. The second-order valence-electron chi connectivity index (χ2n) is 6.23. The molecular weight excluding hydrogens is 226 g/mol. The molecule has 18 heavy (non-hydrogen) atoms. The molecule has 1 atom stereocenters. The van der Waals surface area contributed by atoms with Crippen molar-refractivity contribution in [2.24, 2.45) is 5.41 Å². The van der Waals surface area contributed by atoms with Crippen molar-refractivity contribution in [2.45, 2.75) is 65.0 Å². The zero-order valence-corrected chi connectivity index (χ0v) is 12.8. The number of likely N-dealkylation sites (N-methyl/N-ethyl adjacent to an activating group) is 1. The molecule has 3 nitrogen and oxygen atoms in total. The Hall–Kier alpha value is -0.120. The lowest BCUT2D eigenvalue weighted by molar-refractivity contribution is -0.117. The molecule has 1 fully saturated rings. The molecule has 1 unspecified atom stereocenters. The van der Waals surface area contributed by atoms with Crippen molar-refractivity contribution in [3.63, 3.8) is 0 Å². The Balaban J connectivity index is 2.78. The molecule has 1 N–H and O–H groups in total. The van der Waals surface area contributed by atoms with Crippen LogP contribution < -0.4 is 5.32 Å². The second-order valence-corrected chi connectivity index (χ2v) is 6.23. The summed E-state index contributed by atoms with van der Waals surface area (Å²) in [5.74, 6) is 0. The van der Waals surface area contributed by atoms with Crippen LogP contribution in [-0.2, 0) is 9.47 Å². The number of hydrogen-bond donors (Lipinski definition) is 1. The van der Waals surface area contributed by atoms with E-state index in [4.69, 9.17) is 9.47 Å². The van der Waals surface area contributed by atoms with Gasteiger partial charge in [0.1, 0.15) is 0 Å². The Morgan fingerprint density at radius 1 is 1.11 bits per heavy atom. The molecular formula is C15H31NO2. The third-order valence-electron chi connectivity index (χ3n) is 4.30. The first-order valence-corrected chi connectivity index (χ1v) is 7.36.